The summed E-state index contributed by atoms with van der Waals surface area (Å²) in [4.78, 5) is 32.2. The van der Waals surface area contributed by atoms with E-state index in [0.717, 1.165) is 16.7 Å². The van der Waals surface area contributed by atoms with Gasteiger partial charge in [0.1, 0.15) is 18.1 Å². The highest BCUT2D eigenvalue weighted by Crippen LogP contribution is 2.31. The molecule has 41 heavy (non-hydrogen) atoms. The van der Waals surface area contributed by atoms with Crippen molar-refractivity contribution in [3.8, 4) is 11.5 Å². The third-order valence-electron chi connectivity index (χ3n) is 6.49. The maximum atomic E-state index is 13.9. The Labute approximate surface area is 242 Å². The van der Waals surface area contributed by atoms with E-state index >= 15 is 0 Å². The van der Waals surface area contributed by atoms with Gasteiger partial charge in [-0.25, -0.2) is 9.79 Å². The second-order valence-electron chi connectivity index (χ2n) is 9.88. The van der Waals surface area contributed by atoms with Crippen molar-refractivity contribution >= 4 is 23.4 Å². The van der Waals surface area contributed by atoms with E-state index in [9.17, 15) is 9.59 Å². The number of fused-ring (bicyclic) bond motifs is 1. The van der Waals surface area contributed by atoms with Gasteiger partial charge in [-0.05, 0) is 74.7 Å². The molecule has 5 rings (SSSR count). The molecule has 7 nitrogen and oxygen atoms in total. The van der Waals surface area contributed by atoms with Gasteiger partial charge in [-0.1, -0.05) is 65.9 Å². The number of allylic oxidation sites excluding steroid dienone is 1. The summed E-state index contributed by atoms with van der Waals surface area (Å²) in [5, 5.41) is 0. The minimum Gasteiger partial charge on any atom is -0.491 e. The van der Waals surface area contributed by atoms with Crippen molar-refractivity contribution in [3.63, 3.8) is 0 Å². The Hall–Kier alpha value is -4.43. The number of esters is 1. The van der Waals surface area contributed by atoms with E-state index in [1.807, 2.05) is 98.8 Å². The van der Waals surface area contributed by atoms with Gasteiger partial charge in [-0.2, -0.15) is 0 Å². The van der Waals surface area contributed by atoms with Gasteiger partial charge < -0.3 is 14.2 Å². The number of aromatic nitrogens is 1. The largest absolute Gasteiger partial charge is 0.491 e. The number of ether oxygens (including phenoxy) is 3. The van der Waals surface area contributed by atoms with E-state index in [-0.39, 0.29) is 18.3 Å². The van der Waals surface area contributed by atoms with Gasteiger partial charge in [0.15, 0.2) is 4.80 Å². The number of carbonyl (C=O) groups is 1. The van der Waals surface area contributed by atoms with E-state index in [4.69, 9.17) is 14.2 Å². The topological polar surface area (TPSA) is 79.1 Å². The molecule has 1 aliphatic rings. The van der Waals surface area contributed by atoms with Crippen molar-refractivity contribution in [1.82, 2.24) is 4.57 Å². The molecule has 0 amide bonds. The van der Waals surface area contributed by atoms with Gasteiger partial charge in [-0.3, -0.25) is 9.36 Å². The van der Waals surface area contributed by atoms with Gasteiger partial charge >= 0.3 is 5.97 Å². The summed E-state index contributed by atoms with van der Waals surface area (Å²) in [5.41, 5.74) is 3.31. The molecule has 0 saturated heterocycles. The minimum absolute atomic E-state index is 0.0259. The van der Waals surface area contributed by atoms with Crippen molar-refractivity contribution in [2.45, 2.75) is 46.4 Å². The zero-order valence-corrected chi connectivity index (χ0v) is 24.3. The molecule has 2 heterocycles. The SMILES string of the molecule is CCOC(=O)C1=C(C)N=c2s/c(=C/c3cccc(OCc4ccccc4)c3)c(=O)n2[C@@H]1c1ccc(OC(C)C)cc1. The first kappa shape index (κ1) is 28.1. The number of carbonyl (C=O) groups excluding carboxylic acids is 1. The van der Waals surface area contributed by atoms with Gasteiger partial charge in [0.05, 0.1) is 34.6 Å². The number of rotatable bonds is 9. The molecule has 0 unspecified atom stereocenters. The molecule has 1 aliphatic heterocycles. The zero-order valence-electron chi connectivity index (χ0n) is 23.5. The van der Waals surface area contributed by atoms with E-state index in [1.54, 1.807) is 18.4 Å². The maximum absolute atomic E-state index is 13.9. The molecule has 3 aromatic carbocycles. The second kappa shape index (κ2) is 12.4. The monoisotopic (exact) mass is 568 g/mol. The van der Waals surface area contributed by atoms with E-state index < -0.39 is 12.0 Å². The first-order valence-electron chi connectivity index (χ1n) is 13.6. The quantitative estimate of drug-likeness (QED) is 0.261. The van der Waals surface area contributed by atoms with Crippen LogP contribution in [0.5, 0.6) is 11.5 Å². The molecule has 0 N–H and O–H groups in total. The van der Waals surface area contributed by atoms with Gasteiger partial charge in [0.25, 0.3) is 5.56 Å². The lowest BCUT2D eigenvalue weighted by Crippen LogP contribution is -2.39. The normalized spacial score (nSPS) is 15.0. The van der Waals surface area contributed by atoms with Crippen molar-refractivity contribution < 1.29 is 19.0 Å². The van der Waals surface area contributed by atoms with Crippen LogP contribution in [-0.4, -0.2) is 23.2 Å². The van der Waals surface area contributed by atoms with E-state index in [2.05, 4.69) is 4.99 Å². The average molecular weight is 569 g/mol. The molecule has 0 bridgehead atoms. The smallest absolute Gasteiger partial charge is 0.338 e. The van der Waals surface area contributed by atoms with Crippen LogP contribution >= 0.6 is 11.3 Å². The van der Waals surface area contributed by atoms with Crippen LogP contribution < -0.4 is 24.4 Å². The first-order valence-corrected chi connectivity index (χ1v) is 14.4. The summed E-state index contributed by atoms with van der Waals surface area (Å²) in [7, 11) is 0. The number of hydrogen-bond donors (Lipinski definition) is 0. The van der Waals surface area contributed by atoms with Crippen molar-refractivity contribution in [1.29, 1.82) is 0 Å². The highest BCUT2D eigenvalue weighted by molar-refractivity contribution is 7.07. The van der Waals surface area contributed by atoms with Crippen molar-refractivity contribution in [3.05, 3.63) is 127 Å². The molecule has 0 fully saturated rings. The first-order chi connectivity index (χ1) is 19.8. The molecule has 0 aliphatic carbocycles. The highest BCUT2D eigenvalue weighted by atomic mass is 32.1. The summed E-state index contributed by atoms with van der Waals surface area (Å²) < 4.78 is 19.3. The Bertz CT molecular complexity index is 1750. The van der Waals surface area contributed by atoms with Crippen LogP contribution in [0.3, 0.4) is 0 Å². The summed E-state index contributed by atoms with van der Waals surface area (Å²) in [6.45, 7) is 8.12. The molecule has 0 radical (unpaired) electrons. The Kier molecular flexibility index (Phi) is 8.50. The molecule has 210 valence electrons. The van der Waals surface area contributed by atoms with Crippen molar-refractivity contribution in [2.75, 3.05) is 6.61 Å². The average Bonchev–Trinajstić information content (AvgIpc) is 3.26. The maximum Gasteiger partial charge on any atom is 0.338 e. The summed E-state index contributed by atoms with van der Waals surface area (Å²) in [6, 6.07) is 24.4. The number of thiazole rings is 1. The van der Waals surface area contributed by atoms with E-state index in [0.29, 0.717) is 38.7 Å². The fourth-order valence-electron chi connectivity index (χ4n) is 4.69. The van der Waals surface area contributed by atoms with Crippen LogP contribution in [0.25, 0.3) is 6.08 Å². The van der Waals surface area contributed by atoms with Crippen LogP contribution in [-0.2, 0) is 16.1 Å². The highest BCUT2D eigenvalue weighted by Gasteiger charge is 2.33. The number of nitrogens with zero attached hydrogens (tertiary/aromatic N) is 2. The minimum atomic E-state index is -0.680. The molecule has 0 saturated carbocycles. The summed E-state index contributed by atoms with van der Waals surface area (Å²) >= 11 is 1.29. The van der Waals surface area contributed by atoms with Crippen molar-refractivity contribution in [2.24, 2.45) is 4.99 Å². The summed E-state index contributed by atoms with van der Waals surface area (Å²) in [5.74, 6) is 0.931. The third kappa shape index (κ3) is 6.33. The number of hydrogen-bond acceptors (Lipinski definition) is 7. The Balaban J connectivity index is 1.54. The lowest BCUT2D eigenvalue weighted by Gasteiger charge is -2.25. The van der Waals surface area contributed by atoms with Crippen LogP contribution in [0.2, 0.25) is 0 Å². The predicted molar refractivity (Wildman–Crippen MR) is 160 cm³/mol. The summed E-state index contributed by atoms with van der Waals surface area (Å²) in [6.07, 6.45) is 1.86. The zero-order chi connectivity index (χ0) is 28.9. The Morgan fingerprint density at radius 1 is 1.02 bits per heavy atom. The molecule has 0 spiro atoms. The van der Waals surface area contributed by atoms with Crippen LogP contribution in [0.4, 0.5) is 0 Å². The third-order valence-corrected chi connectivity index (χ3v) is 7.47. The fraction of sp³-hybridized carbons (Fsp3) is 0.242. The van der Waals surface area contributed by atoms with Gasteiger partial charge in [0.2, 0.25) is 0 Å². The molecular formula is C33H32N2O5S. The molecule has 1 aromatic heterocycles. The van der Waals surface area contributed by atoms with Crippen LogP contribution in [0.15, 0.2) is 99.9 Å². The standard InChI is InChI=1S/C33H32N2O5S/c1-5-38-32(37)29-22(4)34-33-35(30(29)25-14-16-26(17-15-25)40-21(2)3)31(36)28(41-33)19-24-12-9-13-27(18-24)39-20-23-10-7-6-8-11-23/h6-19,21,30H,5,20H2,1-4H3/b28-19+/t30-/m1/s1. The predicted octanol–water partition coefficient (Wildman–Crippen LogP) is 5.16. The van der Waals surface area contributed by atoms with Crippen LogP contribution in [0.1, 0.15) is 50.4 Å². The lowest BCUT2D eigenvalue weighted by molar-refractivity contribution is -0.139. The fourth-order valence-corrected chi connectivity index (χ4v) is 5.74. The van der Waals surface area contributed by atoms with E-state index in [1.165, 1.54) is 11.3 Å². The van der Waals surface area contributed by atoms with Crippen LogP contribution in [0, 0.1) is 0 Å². The molecule has 4 aromatic rings. The van der Waals surface area contributed by atoms with Gasteiger partial charge in [-0.15, -0.1) is 0 Å². The molecule has 8 heteroatoms. The van der Waals surface area contributed by atoms with Gasteiger partial charge in [0, 0.05) is 0 Å². The lowest BCUT2D eigenvalue weighted by atomic mass is 9.96. The second-order valence-corrected chi connectivity index (χ2v) is 10.9. The molecular weight excluding hydrogens is 536 g/mol. The molecule has 1 atom stereocenters. The number of benzene rings is 3. The Morgan fingerprint density at radius 3 is 2.49 bits per heavy atom. The Morgan fingerprint density at radius 2 is 1.78 bits per heavy atom.